The van der Waals surface area contributed by atoms with Crippen LogP contribution in [0.15, 0.2) is 30.3 Å². The lowest BCUT2D eigenvalue weighted by molar-refractivity contribution is -0.122. The van der Waals surface area contributed by atoms with Crippen LogP contribution in [0.25, 0.3) is 0 Å². The van der Waals surface area contributed by atoms with Crippen LogP contribution in [0.5, 0.6) is 0 Å². The molecular formula is C12H17N3O3. The number of rotatable bonds is 6. The third kappa shape index (κ3) is 5.31. The first-order valence-electron chi connectivity index (χ1n) is 5.59. The van der Waals surface area contributed by atoms with Crippen molar-refractivity contribution in [1.29, 1.82) is 0 Å². The van der Waals surface area contributed by atoms with Crippen LogP contribution < -0.4 is 16.8 Å². The second kappa shape index (κ2) is 7.29. The Morgan fingerprint density at radius 2 is 1.94 bits per heavy atom. The number of carbonyl (C=O) groups excluding carboxylic acids is 2. The first-order chi connectivity index (χ1) is 8.59. The number of hydrogen-bond donors (Lipinski definition) is 3. The first kappa shape index (κ1) is 14.0. The van der Waals surface area contributed by atoms with Gasteiger partial charge in [0.2, 0.25) is 5.91 Å². The van der Waals surface area contributed by atoms with Crippen molar-refractivity contribution in [2.45, 2.75) is 12.5 Å². The van der Waals surface area contributed by atoms with Crippen molar-refractivity contribution in [2.24, 2.45) is 11.5 Å². The molecule has 0 fully saturated rings. The van der Waals surface area contributed by atoms with Gasteiger partial charge in [-0.2, -0.15) is 0 Å². The van der Waals surface area contributed by atoms with Crippen molar-refractivity contribution >= 4 is 12.0 Å². The molecule has 0 saturated carbocycles. The van der Waals surface area contributed by atoms with Crippen molar-refractivity contribution in [1.82, 2.24) is 5.32 Å². The highest BCUT2D eigenvalue weighted by Gasteiger charge is 2.13. The third-order valence-corrected chi connectivity index (χ3v) is 2.28. The molecule has 1 unspecified atom stereocenters. The fourth-order valence-electron chi connectivity index (χ4n) is 1.42. The van der Waals surface area contributed by atoms with Crippen LogP contribution in [0, 0.1) is 0 Å². The van der Waals surface area contributed by atoms with Gasteiger partial charge in [-0.25, -0.2) is 4.79 Å². The molecule has 0 aliphatic carbocycles. The van der Waals surface area contributed by atoms with Gasteiger partial charge in [-0.15, -0.1) is 0 Å². The van der Waals surface area contributed by atoms with Crippen molar-refractivity contribution in [3.8, 4) is 0 Å². The van der Waals surface area contributed by atoms with E-state index < -0.39 is 12.1 Å². The normalized spacial score (nSPS) is 11.6. The van der Waals surface area contributed by atoms with E-state index in [1.165, 1.54) is 0 Å². The molecule has 18 heavy (non-hydrogen) atoms. The molecular weight excluding hydrogens is 234 g/mol. The molecule has 1 rings (SSSR count). The standard InChI is InChI=1S/C12H17N3O3/c13-10(8-9-4-2-1-3-5-9)11(16)15-6-7-18-12(14)17/h1-5,10H,6-8,13H2,(H2,14,17)(H,15,16). The van der Waals surface area contributed by atoms with E-state index >= 15 is 0 Å². The predicted octanol–water partition coefficient (Wildman–Crippen LogP) is -0.232. The van der Waals surface area contributed by atoms with Crippen molar-refractivity contribution in [3.63, 3.8) is 0 Å². The minimum atomic E-state index is -0.863. The maximum atomic E-state index is 11.6. The highest BCUT2D eigenvalue weighted by Crippen LogP contribution is 2.01. The van der Waals surface area contributed by atoms with Crippen molar-refractivity contribution < 1.29 is 14.3 Å². The number of amides is 2. The Morgan fingerprint density at radius 3 is 2.56 bits per heavy atom. The van der Waals surface area contributed by atoms with Gasteiger partial charge in [0.25, 0.3) is 0 Å². The smallest absolute Gasteiger partial charge is 0.404 e. The molecule has 0 radical (unpaired) electrons. The maximum absolute atomic E-state index is 11.6. The molecule has 1 aromatic rings. The minimum Gasteiger partial charge on any atom is -0.448 e. The third-order valence-electron chi connectivity index (χ3n) is 2.28. The zero-order valence-electron chi connectivity index (χ0n) is 9.96. The summed E-state index contributed by atoms with van der Waals surface area (Å²) in [5, 5.41) is 2.56. The highest BCUT2D eigenvalue weighted by atomic mass is 16.5. The Kier molecular flexibility index (Phi) is 5.66. The summed E-state index contributed by atoms with van der Waals surface area (Å²) < 4.78 is 4.47. The summed E-state index contributed by atoms with van der Waals surface area (Å²) >= 11 is 0. The molecule has 0 heterocycles. The average molecular weight is 251 g/mol. The van der Waals surface area contributed by atoms with Crippen LogP contribution in [-0.2, 0) is 16.0 Å². The largest absolute Gasteiger partial charge is 0.448 e. The molecule has 0 spiro atoms. The SMILES string of the molecule is NC(=O)OCCNC(=O)C(N)Cc1ccccc1. The van der Waals surface area contributed by atoms with Crippen LogP contribution >= 0.6 is 0 Å². The summed E-state index contributed by atoms with van der Waals surface area (Å²) in [6.07, 6.45) is -0.401. The molecule has 0 aromatic heterocycles. The Balaban J connectivity index is 2.27. The lowest BCUT2D eigenvalue weighted by Gasteiger charge is -2.12. The molecule has 0 bridgehead atoms. The van der Waals surface area contributed by atoms with Gasteiger partial charge >= 0.3 is 6.09 Å². The molecule has 2 amide bonds. The first-order valence-corrected chi connectivity index (χ1v) is 5.59. The zero-order chi connectivity index (χ0) is 13.4. The molecule has 5 N–H and O–H groups in total. The maximum Gasteiger partial charge on any atom is 0.404 e. The summed E-state index contributed by atoms with van der Waals surface area (Å²) in [6, 6.07) is 8.87. The van der Waals surface area contributed by atoms with E-state index in [1.54, 1.807) is 0 Å². The van der Waals surface area contributed by atoms with Crippen LogP contribution in [-0.4, -0.2) is 31.2 Å². The minimum absolute atomic E-state index is 0.0408. The molecule has 6 nitrogen and oxygen atoms in total. The zero-order valence-corrected chi connectivity index (χ0v) is 9.96. The van der Waals surface area contributed by atoms with Gasteiger partial charge in [-0.1, -0.05) is 30.3 Å². The number of primary amides is 1. The number of hydrogen-bond acceptors (Lipinski definition) is 4. The molecule has 1 aromatic carbocycles. The van der Waals surface area contributed by atoms with Crippen LogP contribution in [0.1, 0.15) is 5.56 Å². The fraction of sp³-hybridized carbons (Fsp3) is 0.333. The van der Waals surface area contributed by atoms with E-state index in [0.717, 1.165) is 5.56 Å². The Bertz CT molecular complexity index is 395. The fourth-order valence-corrected chi connectivity index (χ4v) is 1.42. The summed E-state index contributed by atoms with van der Waals surface area (Å²) in [4.78, 5) is 21.9. The monoisotopic (exact) mass is 251 g/mol. The van der Waals surface area contributed by atoms with E-state index in [4.69, 9.17) is 11.5 Å². The molecule has 98 valence electrons. The molecule has 0 aliphatic heterocycles. The Hall–Kier alpha value is -2.08. The van der Waals surface area contributed by atoms with Crippen molar-refractivity contribution in [2.75, 3.05) is 13.2 Å². The van der Waals surface area contributed by atoms with Gasteiger partial charge < -0.3 is 21.5 Å². The van der Waals surface area contributed by atoms with Gasteiger partial charge in [0.1, 0.15) is 6.61 Å². The average Bonchev–Trinajstić information content (AvgIpc) is 2.35. The lowest BCUT2D eigenvalue weighted by Crippen LogP contribution is -2.43. The number of carbonyl (C=O) groups is 2. The number of nitrogens with one attached hydrogen (secondary N) is 1. The van der Waals surface area contributed by atoms with E-state index in [-0.39, 0.29) is 19.1 Å². The number of ether oxygens (including phenoxy) is 1. The second-order valence-corrected chi connectivity index (χ2v) is 3.75. The summed E-state index contributed by atoms with van der Waals surface area (Å²) in [6.45, 7) is 0.239. The predicted molar refractivity (Wildman–Crippen MR) is 66.7 cm³/mol. The van der Waals surface area contributed by atoms with E-state index in [2.05, 4.69) is 10.1 Å². The van der Waals surface area contributed by atoms with E-state index in [9.17, 15) is 9.59 Å². The topological polar surface area (TPSA) is 107 Å². The Morgan fingerprint density at radius 1 is 1.28 bits per heavy atom. The Labute approximate surface area is 105 Å². The molecule has 0 saturated heterocycles. The summed E-state index contributed by atoms with van der Waals surface area (Å²) in [7, 11) is 0. The number of nitrogens with two attached hydrogens (primary N) is 2. The molecule has 0 aliphatic rings. The van der Waals surface area contributed by atoms with E-state index in [1.807, 2.05) is 30.3 Å². The van der Waals surface area contributed by atoms with E-state index in [0.29, 0.717) is 6.42 Å². The van der Waals surface area contributed by atoms with Crippen LogP contribution in [0.4, 0.5) is 4.79 Å². The van der Waals surface area contributed by atoms with Gasteiger partial charge in [0.05, 0.1) is 12.6 Å². The van der Waals surface area contributed by atoms with Gasteiger partial charge in [0, 0.05) is 0 Å². The second-order valence-electron chi connectivity index (χ2n) is 3.75. The molecule has 6 heteroatoms. The van der Waals surface area contributed by atoms with Crippen LogP contribution in [0.3, 0.4) is 0 Å². The number of benzene rings is 1. The molecule has 1 atom stereocenters. The quantitative estimate of drug-likeness (QED) is 0.607. The van der Waals surface area contributed by atoms with Gasteiger partial charge in [-0.05, 0) is 12.0 Å². The van der Waals surface area contributed by atoms with Crippen LogP contribution in [0.2, 0.25) is 0 Å². The lowest BCUT2D eigenvalue weighted by atomic mass is 10.1. The summed E-state index contributed by atoms with van der Waals surface area (Å²) in [5.74, 6) is -0.285. The van der Waals surface area contributed by atoms with Crippen molar-refractivity contribution in [3.05, 3.63) is 35.9 Å². The van der Waals surface area contributed by atoms with Gasteiger partial charge in [-0.3, -0.25) is 4.79 Å². The highest BCUT2D eigenvalue weighted by molar-refractivity contribution is 5.81. The van der Waals surface area contributed by atoms with Gasteiger partial charge in [0.15, 0.2) is 0 Å². The summed E-state index contributed by atoms with van der Waals surface area (Å²) in [5.41, 5.74) is 11.5.